The summed E-state index contributed by atoms with van der Waals surface area (Å²) in [6.45, 7) is 0. The second-order valence-electron chi connectivity index (χ2n) is 0.834. The van der Waals surface area contributed by atoms with Crippen molar-refractivity contribution in [3.8, 4) is 0 Å². The predicted molar refractivity (Wildman–Crippen MR) is 43.4 cm³/mol. The third-order valence-corrected chi connectivity index (χ3v) is 1.56. The molecule has 0 aliphatic carbocycles. The van der Waals surface area contributed by atoms with Crippen LogP contribution in [-0.4, -0.2) is 38.2 Å². The Morgan fingerprint density at radius 3 is 1.62 bits per heavy atom. The molecule has 1 aliphatic rings. The topological polar surface area (TPSA) is 24.7 Å². The zero-order valence-electron chi connectivity index (χ0n) is 4.12. The Morgan fingerprint density at radius 1 is 1.12 bits per heavy atom. The maximum absolute atomic E-state index is 4.61. The number of azo groups is 1. The van der Waals surface area contributed by atoms with Gasteiger partial charge in [-0.1, -0.05) is 0 Å². The third kappa shape index (κ3) is 2.61. The minimum atomic E-state index is 0. The van der Waals surface area contributed by atoms with E-state index >= 15 is 0 Å². The molecule has 0 unspecified atom stereocenters. The summed E-state index contributed by atoms with van der Waals surface area (Å²) in [5.41, 5.74) is 0. The van der Waals surface area contributed by atoms with Crippen LogP contribution in [0, 0.1) is 0 Å². The summed E-state index contributed by atoms with van der Waals surface area (Å²) in [6.07, 6.45) is 0. The van der Waals surface area contributed by atoms with E-state index in [0.29, 0.717) is 8.64 Å². The molecular weight excluding hydrogens is 171 g/mol. The van der Waals surface area contributed by atoms with Gasteiger partial charge < -0.3 is 0 Å². The van der Waals surface area contributed by atoms with Gasteiger partial charge in [0.05, 0.1) is 0 Å². The maximum atomic E-state index is 4.61. The summed E-state index contributed by atoms with van der Waals surface area (Å²) in [4.78, 5) is 0. The van der Waals surface area contributed by atoms with E-state index in [0.717, 1.165) is 0 Å². The standard InChI is InChI=1S/C2N2S3.Na/c5-1-3-4-2(6)7-1;. The van der Waals surface area contributed by atoms with Crippen molar-refractivity contribution in [2.45, 2.75) is 0 Å². The molecule has 0 fully saturated rings. The molecule has 0 spiro atoms. The molecule has 0 saturated heterocycles. The van der Waals surface area contributed by atoms with Crippen LogP contribution in [0.5, 0.6) is 0 Å². The van der Waals surface area contributed by atoms with Gasteiger partial charge in [0.15, 0.2) is 8.64 Å². The van der Waals surface area contributed by atoms with Crippen molar-refractivity contribution in [1.82, 2.24) is 0 Å². The van der Waals surface area contributed by atoms with Gasteiger partial charge in [-0.3, -0.25) is 0 Å². The second kappa shape index (κ2) is 4.03. The first-order valence-corrected chi connectivity index (χ1v) is 3.10. The Balaban J connectivity index is 0.000000490. The van der Waals surface area contributed by atoms with Gasteiger partial charge in [0.1, 0.15) is 0 Å². The molecule has 6 heteroatoms. The number of rotatable bonds is 0. The fraction of sp³-hybridized carbons (Fsp3) is 0. The predicted octanol–water partition coefficient (Wildman–Crippen LogP) is 1.37. The van der Waals surface area contributed by atoms with E-state index in [4.69, 9.17) is 0 Å². The molecule has 2 nitrogen and oxygen atoms in total. The van der Waals surface area contributed by atoms with Crippen molar-refractivity contribution in [2.24, 2.45) is 10.2 Å². The van der Waals surface area contributed by atoms with Crippen LogP contribution in [0.2, 0.25) is 0 Å². The zero-order chi connectivity index (χ0) is 5.28. The molecule has 1 radical (unpaired) electrons. The van der Waals surface area contributed by atoms with Gasteiger partial charge in [0.25, 0.3) is 0 Å². The number of nitrogens with zero attached hydrogens (tertiary/aromatic N) is 2. The van der Waals surface area contributed by atoms with Crippen molar-refractivity contribution < 1.29 is 0 Å². The number of hydrogen-bond acceptors (Lipinski definition) is 3. The van der Waals surface area contributed by atoms with Gasteiger partial charge >= 0.3 is 0 Å². The summed E-state index contributed by atoms with van der Waals surface area (Å²) in [5.74, 6) is 0. The fourth-order valence-electron chi connectivity index (χ4n) is 0.197. The molecule has 1 rings (SSSR count). The second-order valence-corrected chi connectivity index (χ2v) is 3.10. The molecule has 8 heavy (non-hydrogen) atoms. The van der Waals surface area contributed by atoms with Crippen LogP contribution in [-0.2, 0) is 0 Å². The average molecular weight is 171 g/mol. The van der Waals surface area contributed by atoms with E-state index in [2.05, 4.69) is 34.7 Å². The van der Waals surface area contributed by atoms with Gasteiger partial charge in [0, 0.05) is 29.6 Å². The van der Waals surface area contributed by atoms with Crippen molar-refractivity contribution in [3.63, 3.8) is 0 Å². The zero-order valence-corrected chi connectivity index (χ0v) is 8.57. The molecule has 1 aliphatic heterocycles. The fourth-order valence-corrected chi connectivity index (χ4v) is 1.22. The number of thiocarbonyl (C=S) groups is 2. The first-order chi connectivity index (χ1) is 3.29. The Bertz CT molecular complexity index is 137. The summed E-state index contributed by atoms with van der Waals surface area (Å²) in [7, 11) is 0. The van der Waals surface area contributed by atoms with Crippen molar-refractivity contribution in [2.75, 3.05) is 0 Å². The smallest absolute Gasteiger partial charge is 0.130 e. The molecule has 0 N–H and O–H groups in total. The minimum Gasteiger partial charge on any atom is -0.130 e. The molecule has 0 aromatic carbocycles. The van der Waals surface area contributed by atoms with Crippen molar-refractivity contribution >= 4 is 74.4 Å². The molecule has 0 aromatic rings. The van der Waals surface area contributed by atoms with Gasteiger partial charge in [-0.25, -0.2) is 0 Å². The first kappa shape index (κ1) is 9.13. The third-order valence-electron chi connectivity index (χ3n) is 0.388. The van der Waals surface area contributed by atoms with Crippen LogP contribution in [0.1, 0.15) is 0 Å². The Morgan fingerprint density at radius 2 is 1.50 bits per heavy atom. The summed E-state index contributed by atoms with van der Waals surface area (Å²) < 4.78 is 1.04. The van der Waals surface area contributed by atoms with E-state index in [1.165, 1.54) is 11.8 Å². The average Bonchev–Trinajstić information content (AvgIpc) is 1.87. The first-order valence-electron chi connectivity index (χ1n) is 1.46. The van der Waals surface area contributed by atoms with Crippen LogP contribution >= 0.6 is 36.2 Å². The van der Waals surface area contributed by atoms with E-state index in [1.807, 2.05) is 0 Å². The minimum absolute atomic E-state index is 0. The van der Waals surface area contributed by atoms with E-state index < -0.39 is 0 Å². The van der Waals surface area contributed by atoms with Crippen LogP contribution in [0.3, 0.4) is 0 Å². The molecule has 0 saturated carbocycles. The monoisotopic (exact) mass is 171 g/mol. The molecule has 1 heterocycles. The molecular formula is C2N2NaS3. The van der Waals surface area contributed by atoms with Crippen LogP contribution in [0.4, 0.5) is 0 Å². The summed E-state index contributed by atoms with van der Waals surface area (Å²) in [5, 5.41) is 6.99. The van der Waals surface area contributed by atoms with Gasteiger partial charge in [-0.05, 0) is 36.2 Å². The van der Waals surface area contributed by atoms with E-state index in [9.17, 15) is 0 Å². The number of hydrogen-bond donors (Lipinski definition) is 0. The van der Waals surface area contributed by atoms with Gasteiger partial charge in [-0.2, -0.15) is 0 Å². The molecule has 0 atom stereocenters. The van der Waals surface area contributed by atoms with Gasteiger partial charge in [0.2, 0.25) is 0 Å². The summed E-state index contributed by atoms with van der Waals surface area (Å²) in [6, 6.07) is 0. The summed E-state index contributed by atoms with van der Waals surface area (Å²) >= 11 is 10.5. The molecule has 37 valence electrons. The van der Waals surface area contributed by atoms with E-state index in [1.54, 1.807) is 0 Å². The van der Waals surface area contributed by atoms with Crippen LogP contribution in [0.25, 0.3) is 0 Å². The molecule has 0 bridgehead atoms. The SMILES string of the molecule is S=C1N=NC(=S)S1.[Na]. The van der Waals surface area contributed by atoms with Gasteiger partial charge in [-0.15, -0.1) is 10.2 Å². The van der Waals surface area contributed by atoms with Crippen molar-refractivity contribution in [1.29, 1.82) is 0 Å². The molecule has 0 amide bonds. The quantitative estimate of drug-likeness (QED) is 0.406. The Kier molecular flexibility index (Phi) is 4.60. The van der Waals surface area contributed by atoms with Crippen LogP contribution < -0.4 is 0 Å². The molecule has 0 aromatic heterocycles. The maximum Gasteiger partial charge on any atom is 0.189 e. The van der Waals surface area contributed by atoms with E-state index in [-0.39, 0.29) is 29.6 Å². The normalized spacial score (nSPS) is 16.5. The number of thioether (sulfide) groups is 1. The Hall–Kier alpha value is 1.13. The van der Waals surface area contributed by atoms with Crippen molar-refractivity contribution in [3.05, 3.63) is 0 Å². The largest absolute Gasteiger partial charge is 0.189 e. The Labute approximate surface area is 83.8 Å². The van der Waals surface area contributed by atoms with Crippen LogP contribution in [0.15, 0.2) is 10.2 Å².